The Labute approximate surface area is 159 Å². The number of nitrogens with one attached hydrogen (secondary N) is 2. The van der Waals surface area contributed by atoms with E-state index in [-0.39, 0.29) is 23.5 Å². The van der Waals surface area contributed by atoms with E-state index >= 15 is 0 Å². The third kappa shape index (κ3) is 5.30. The number of anilines is 1. The third-order valence-electron chi connectivity index (χ3n) is 4.98. The fourth-order valence-corrected chi connectivity index (χ4v) is 3.30. The van der Waals surface area contributed by atoms with Gasteiger partial charge in [0.05, 0.1) is 5.92 Å². The lowest BCUT2D eigenvalue weighted by Gasteiger charge is -2.32. The van der Waals surface area contributed by atoms with Crippen LogP contribution in [-0.2, 0) is 4.79 Å². The molecular formula is C20H25N5O2. The second kappa shape index (κ2) is 8.67. The van der Waals surface area contributed by atoms with Gasteiger partial charge in [-0.2, -0.15) is 10.2 Å². The lowest BCUT2D eigenvalue weighted by molar-refractivity contribution is -0.126. The number of hydrogen-bond acceptors (Lipinski definition) is 4. The van der Waals surface area contributed by atoms with Gasteiger partial charge in [-0.1, -0.05) is 18.2 Å². The van der Waals surface area contributed by atoms with Gasteiger partial charge in [-0.15, -0.1) is 12.3 Å². The third-order valence-corrected chi connectivity index (χ3v) is 4.98. The van der Waals surface area contributed by atoms with Crippen molar-refractivity contribution in [3.63, 3.8) is 0 Å². The Morgan fingerprint density at radius 3 is 2.74 bits per heavy atom. The van der Waals surface area contributed by atoms with Crippen molar-refractivity contribution < 1.29 is 9.59 Å². The van der Waals surface area contributed by atoms with Gasteiger partial charge in [0.2, 0.25) is 5.91 Å². The van der Waals surface area contributed by atoms with Crippen molar-refractivity contribution in [1.82, 2.24) is 10.2 Å². The van der Waals surface area contributed by atoms with Crippen LogP contribution in [0.4, 0.5) is 10.5 Å². The molecule has 3 amide bonds. The maximum absolute atomic E-state index is 12.5. The molecule has 0 bridgehead atoms. The summed E-state index contributed by atoms with van der Waals surface area (Å²) in [4.78, 5) is 26.6. The number of piperidine rings is 1. The summed E-state index contributed by atoms with van der Waals surface area (Å²) >= 11 is 0. The highest BCUT2D eigenvalue weighted by molar-refractivity contribution is 5.90. The van der Waals surface area contributed by atoms with Crippen molar-refractivity contribution in [1.29, 1.82) is 0 Å². The topological polar surface area (TPSA) is 86.2 Å². The number of rotatable bonds is 7. The van der Waals surface area contributed by atoms with Gasteiger partial charge in [-0.05, 0) is 25.0 Å². The van der Waals surface area contributed by atoms with Crippen LogP contribution in [0.15, 0.2) is 40.6 Å². The molecule has 2 heterocycles. The molecule has 1 aromatic rings. The SMILES string of the molecule is C#CCCC1(CCNC(=O)C2CCCN(C(=O)Nc3ccccc3)C2)N=N1. The molecule has 1 fully saturated rings. The van der Waals surface area contributed by atoms with Crippen molar-refractivity contribution in [3.05, 3.63) is 30.3 Å². The Balaban J connectivity index is 1.42. The number of likely N-dealkylation sites (tertiary alicyclic amines) is 1. The van der Waals surface area contributed by atoms with Crippen molar-refractivity contribution in [2.24, 2.45) is 16.1 Å². The predicted molar refractivity (Wildman–Crippen MR) is 103 cm³/mol. The number of benzene rings is 1. The van der Waals surface area contributed by atoms with Gasteiger partial charge in [0.25, 0.3) is 0 Å². The molecular weight excluding hydrogens is 342 g/mol. The smallest absolute Gasteiger partial charge is 0.321 e. The van der Waals surface area contributed by atoms with E-state index in [4.69, 9.17) is 6.42 Å². The average Bonchev–Trinajstić information content (AvgIpc) is 3.47. The summed E-state index contributed by atoms with van der Waals surface area (Å²) < 4.78 is 0. The number of hydrogen-bond donors (Lipinski definition) is 2. The fourth-order valence-electron chi connectivity index (χ4n) is 3.30. The number of carbonyl (C=O) groups is 2. The number of terminal acetylenes is 1. The molecule has 142 valence electrons. The molecule has 0 spiro atoms. The zero-order valence-electron chi connectivity index (χ0n) is 15.4. The number of urea groups is 1. The zero-order valence-corrected chi connectivity index (χ0v) is 15.4. The molecule has 2 N–H and O–H groups in total. The van der Waals surface area contributed by atoms with Crippen LogP contribution >= 0.6 is 0 Å². The molecule has 2 aliphatic heterocycles. The molecule has 0 aliphatic carbocycles. The van der Waals surface area contributed by atoms with Gasteiger partial charge in [-0.3, -0.25) is 4.79 Å². The number of para-hydroxylation sites is 1. The van der Waals surface area contributed by atoms with Crippen LogP contribution in [0.3, 0.4) is 0 Å². The second-order valence-electron chi connectivity index (χ2n) is 7.01. The highest BCUT2D eigenvalue weighted by atomic mass is 16.2. The minimum Gasteiger partial charge on any atom is -0.356 e. The first kappa shape index (κ1) is 18.9. The maximum atomic E-state index is 12.5. The molecule has 1 aromatic carbocycles. The van der Waals surface area contributed by atoms with Crippen LogP contribution in [0.2, 0.25) is 0 Å². The molecule has 0 radical (unpaired) electrons. The van der Waals surface area contributed by atoms with Crippen molar-refractivity contribution >= 4 is 17.6 Å². The largest absolute Gasteiger partial charge is 0.356 e. The number of nitrogens with zero attached hydrogens (tertiary/aromatic N) is 3. The number of carbonyl (C=O) groups excluding carboxylic acids is 2. The van der Waals surface area contributed by atoms with Crippen molar-refractivity contribution in [3.8, 4) is 12.3 Å². The Morgan fingerprint density at radius 1 is 1.26 bits per heavy atom. The quantitative estimate of drug-likeness (QED) is 0.726. The van der Waals surface area contributed by atoms with Gasteiger partial charge < -0.3 is 15.5 Å². The van der Waals surface area contributed by atoms with Gasteiger partial charge in [-0.25, -0.2) is 4.79 Å². The van der Waals surface area contributed by atoms with Crippen LogP contribution in [-0.4, -0.2) is 42.1 Å². The normalized spacial score (nSPS) is 19.8. The van der Waals surface area contributed by atoms with Crippen LogP contribution < -0.4 is 10.6 Å². The summed E-state index contributed by atoms with van der Waals surface area (Å²) in [6, 6.07) is 9.16. The fraction of sp³-hybridized carbons (Fsp3) is 0.500. The second-order valence-corrected chi connectivity index (χ2v) is 7.01. The Kier molecular flexibility index (Phi) is 6.07. The first-order chi connectivity index (χ1) is 13.1. The summed E-state index contributed by atoms with van der Waals surface area (Å²) in [6.07, 6.45) is 8.93. The lowest BCUT2D eigenvalue weighted by Crippen LogP contribution is -2.47. The molecule has 3 rings (SSSR count). The van der Waals surface area contributed by atoms with E-state index in [1.54, 1.807) is 4.90 Å². The summed E-state index contributed by atoms with van der Waals surface area (Å²) in [5.41, 5.74) is 0.372. The first-order valence-corrected chi connectivity index (χ1v) is 9.38. The molecule has 1 atom stereocenters. The van der Waals surface area contributed by atoms with Gasteiger partial charge >= 0.3 is 6.03 Å². The highest BCUT2D eigenvalue weighted by Crippen LogP contribution is 2.36. The average molecular weight is 367 g/mol. The minimum atomic E-state index is -0.381. The molecule has 7 heteroatoms. The van der Waals surface area contributed by atoms with Crippen LogP contribution in [0.5, 0.6) is 0 Å². The minimum absolute atomic E-state index is 0.0139. The summed E-state index contributed by atoms with van der Waals surface area (Å²) in [7, 11) is 0. The van der Waals surface area contributed by atoms with Crippen molar-refractivity contribution in [2.45, 2.75) is 37.8 Å². The molecule has 0 aromatic heterocycles. The number of amides is 3. The van der Waals surface area contributed by atoms with Gasteiger partial charge in [0, 0.05) is 44.6 Å². The van der Waals surface area contributed by atoms with E-state index in [1.165, 1.54) is 0 Å². The lowest BCUT2D eigenvalue weighted by atomic mass is 9.97. The Hall–Kier alpha value is -2.88. The van der Waals surface area contributed by atoms with Gasteiger partial charge in [0.1, 0.15) is 0 Å². The summed E-state index contributed by atoms with van der Waals surface area (Å²) in [5, 5.41) is 14.0. The monoisotopic (exact) mass is 367 g/mol. The molecule has 27 heavy (non-hydrogen) atoms. The first-order valence-electron chi connectivity index (χ1n) is 9.38. The standard InChI is InChI=1S/C20H25N5O2/c1-2-3-11-20(23-24-20)12-13-21-18(26)16-8-7-14-25(15-16)19(27)22-17-9-5-4-6-10-17/h1,4-6,9-10,16H,3,7-8,11-15H2,(H,21,26)(H,22,27). The molecule has 0 saturated carbocycles. The Morgan fingerprint density at radius 2 is 2.04 bits per heavy atom. The molecule has 7 nitrogen and oxygen atoms in total. The highest BCUT2D eigenvalue weighted by Gasteiger charge is 2.39. The molecule has 1 saturated heterocycles. The van der Waals surface area contributed by atoms with E-state index in [0.717, 1.165) is 24.9 Å². The zero-order chi connectivity index (χ0) is 19.1. The van der Waals surface area contributed by atoms with Gasteiger partial charge in [0.15, 0.2) is 5.66 Å². The predicted octanol–water partition coefficient (Wildman–Crippen LogP) is 3.01. The van der Waals surface area contributed by atoms with Crippen molar-refractivity contribution in [2.75, 3.05) is 25.0 Å². The summed E-state index contributed by atoms with van der Waals surface area (Å²) in [5.74, 6) is 2.40. The van der Waals surface area contributed by atoms with Crippen LogP contribution in [0.25, 0.3) is 0 Å². The maximum Gasteiger partial charge on any atom is 0.321 e. The van der Waals surface area contributed by atoms with E-state index < -0.39 is 0 Å². The van der Waals surface area contributed by atoms with E-state index in [1.807, 2.05) is 30.3 Å². The van der Waals surface area contributed by atoms with E-state index in [2.05, 4.69) is 26.8 Å². The Bertz CT molecular complexity index is 734. The van der Waals surface area contributed by atoms with Crippen LogP contribution in [0.1, 0.15) is 32.1 Å². The summed E-state index contributed by atoms with van der Waals surface area (Å²) in [6.45, 7) is 1.61. The molecule has 2 aliphatic rings. The molecule has 1 unspecified atom stereocenters. The van der Waals surface area contributed by atoms with Crippen LogP contribution in [0, 0.1) is 18.3 Å². The van der Waals surface area contributed by atoms with E-state index in [9.17, 15) is 9.59 Å². The van der Waals surface area contributed by atoms with E-state index in [0.29, 0.717) is 32.5 Å².